The molecule has 0 saturated carbocycles. The molecule has 0 spiro atoms. The van der Waals surface area contributed by atoms with Crippen LogP contribution in [0.5, 0.6) is 0 Å². The molecule has 0 aromatic heterocycles. The minimum Gasteiger partial charge on any atom is -0.449 e. The number of carbonyl (C=O) groups excluding carboxylic acids is 2. The average Bonchev–Trinajstić information content (AvgIpc) is 2.74. The topological polar surface area (TPSA) is 84.0 Å². The summed E-state index contributed by atoms with van der Waals surface area (Å²) in [6.45, 7) is 5.74. The van der Waals surface area contributed by atoms with Crippen molar-refractivity contribution in [2.24, 2.45) is 0 Å². The molecule has 0 fully saturated rings. The number of rotatable bonds is 8. The Bertz CT molecular complexity index is 939. The first-order valence-corrected chi connectivity index (χ1v) is 10.8. The van der Waals surface area contributed by atoms with Crippen LogP contribution in [-0.2, 0) is 19.6 Å². The Morgan fingerprint density at radius 3 is 2.03 bits per heavy atom. The van der Waals surface area contributed by atoms with Gasteiger partial charge in [0.05, 0.1) is 10.5 Å². The van der Waals surface area contributed by atoms with Gasteiger partial charge in [0.25, 0.3) is 5.91 Å². The Morgan fingerprint density at radius 1 is 0.966 bits per heavy atom. The minimum atomic E-state index is -3.60. The fraction of sp³-hybridized carbons (Fsp3) is 0.333. The normalized spacial score (nSPS) is 12.4. The Balaban J connectivity index is 2.08. The molecule has 0 N–H and O–H groups in total. The van der Waals surface area contributed by atoms with E-state index < -0.39 is 22.1 Å². The number of para-hydroxylation sites is 1. The maximum absolute atomic E-state index is 12.5. The van der Waals surface area contributed by atoms with Gasteiger partial charge in [-0.2, -0.15) is 4.31 Å². The van der Waals surface area contributed by atoms with E-state index in [1.54, 1.807) is 33.0 Å². The minimum absolute atomic E-state index is 0.102. The van der Waals surface area contributed by atoms with Crippen LogP contribution in [0.15, 0.2) is 59.5 Å². The summed E-state index contributed by atoms with van der Waals surface area (Å²) in [6, 6.07) is 14.5. The highest BCUT2D eigenvalue weighted by Gasteiger charge is 2.25. The molecular weight excluding hydrogens is 392 g/mol. The van der Waals surface area contributed by atoms with Crippen LogP contribution in [-0.4, -0.2) is 50.8 Å². The van der Waals surface area contributed by atoms with Gasteiger partial charge >= 0.3 is 5.97 Å². The van der Waals surface area contributed by atoms with E-state index in [1.807, 2.05) is 18.2 Å². The van der Waals surface area contributed by atoms with Gasteiger partial charge in [0, 0.05) is 25.8 Å². The van der Waals surface area contributed by atoms with E-state index in [0.717, 1.165) is 0 Å². The highest BCUT2D eigenvalue weighted by Crippen LogP contribution is 2.18. The van der Waals surface area contributed by atoms with Crippen LogP contribution in [0.4, 0.5) is 5.69 Å². The fourth-order valence-electron chi connectivity index (χ4n) is 2.81. The van der Waals surface area contributed by atoms with E-state index in [9.17, 15) is 18.0 Å². The van der Waals surface area contributed by atoms with Crippen LogP contribution in [0.25, 0.3) is 0 Å². The summed E-state index contributed by atoms with van der Waals surface area (Å²) < 4.78 is 31.6. The van der Waals surface area contributed by atoms with Crippen molar-refractivity contribution in [1.29, 1.82) is 0 Å². The second-order valence-electron chi connectivity index (χ2n) is 6.39. The number of hydrogen-bond acceptors (Lipinski definition) is 5. The molecule has 0 bridgehead atoms. The third-order valence-electron chi connectivity index (χ3n) is 4.54. The van der Waals surface area contributed by atoms with Gasteiger partial charge in [-0.1, -0.05) is 32.0 Å². The number of ether oxygens (including phenoxy) is 1. The number of sulfonamides is 1. The third-order valence-corrected chi connectivity index (χ3v) is 6.60. The Kier molecular flexibility index (Phi) is 7.53. The molecule has 0 unspecified atom stereocenters. The van der Waals surface area contributed by atoms with Gasteiger partial charge in [0.15, 0.2) is 6.10 Å². The lowest BCUT2D eigenvalue weighted by atomic mass is 10.2. The third kappa shape index (κ3) is 5.21. The number of amides is 1. The van der Waals surface area contributed by atoms with Crippen LogP contribution in [0, 0.1) is 0 Å². The maximum atomic E-state index is 12.5. The van der Waals surface area contributed by atoms with E-state index in [-0.39, 0.29) is 16.4 Å². The quantitative estimate of drug-likeness (QED) is 0.616. The summed E-state index contributed by atoms with van der Waals surface area (Å²) in [5.41, 5.74) is 0.858. The number of hydrogen-bond donors (Lipinski definition) is 0. The van der Waals surface area contributed by atoms with Crippen molar-refractivity contribution in [3.63, 3.8) is 0 Å². The predicted octanol–water partition coefficient (Wildman–Crippen LogP) is 2.93. The van der Waals surface area contributed by atoms with Crippen LogP contribution in [0.1, 0.15) is 31.1 Å². The van der Waals surface area contributed by atoms with Gasteiger partial charge in [-0.3, -0.25) is 4.79 Å². The Labute approximate surface area is 171 Å². The molecule has 1 atom stereocenters. The van der Waals surface area contributed by atoms with Crippen molar-refractivity contribution in [1.82, 2.24) is 4.31 Å². The number of carbonyl (C=O) groups is 2. The van der Waals surface area contributed by atoms with Crippen molar-refractivity contribution in [3.05, 3.63) is 60.2 Å². The fourth-order valence-corrected chi connectivity index (χ4v) is 4.26. The number of nitrogens with zero attached hydrogens (tertiary/aromatic N) is 2. The van der Waals surface area contributed by atoms with Crippen LogP contribution >= 0.6 is 0 Å². The van der Waals surface area contributed by atoms with Gasteiger partial charge < -0.3 is 9.64 Å². The van der Waals surface area contributed by atoms with Crippen LogP contribution < -0.4 is 4.90 Å². The SMILES string of the molecule is CCN(CC)S(=O)(=O)c1ccc(C(=O)O[C@@H](C)C(=O)N(C)c2ccccc2)cc1. The van der Waals surface area contributed by atoms with Crippen LogP contribution in [0.2, 0.25) is 0 Å². The van der Waals surface area contributed by atoms with Crippen molar-refractivity contribution < 1.29 is 22.7 Å². The lowest BCUT2D eigenvalue weighted by molar-refractivity contribution is -0.126. The Hall–Kier alpha value is -2.71. The summed E-state index contributed by atoms with van der Waals surface area (Å²) in [4.78, 5) is 26.4. The molecule has 0 heterocycles. The summed E-state index contributed by atoms with van der Waals surface area (Å²) in [5, 5.41) is 0. The van der Waals surface area contributed by atoms with E-state index >= 15 is 0 Å². The molecule has 1 amide bonds. The number of likely N-dealkylation sites (N-methyl/N-ethyl adjacent to an activating group) is 1. The smallest absolute Gasteiger partial charge is 0.338 e. The first kappa shape index (κ1) is 22.6. The van der Waals surface area contributed by atoms with E-state index in [0.29, 0.717) is 18.8 Å². The zero-order valence-electron chi connectivity index (χ0n) is 17.0. The van der Waals surface area contributed by atoms with Gasteiger partial charge in [0.1, 0.15) is 0 Å². The summed E-state index contributed by atoms with van der Waals surface area (Å²) in [6.07, 6.45) is -0.994. The lowest BCUT2D eigenvalue weighted by Crippen LogP contribution is -2.37. The lowest BCUT2D eigenvalue weighted by Gasteiger charge is -2.21. The van der Waals surface area contributed by atoms with Crippen molar-refractivity contribution in [2.45, 2.75) is 31.8 Å². The average molecular weight is 419 g/mol. The molecule has 0 aliphatic rings. The second kappa shape index (κ2) is 9.67. The second-order valence-corrected chi connectivity index (χ2v) is 8.33. The molecule has 7 nitrogen and oxygen atoms in total. The largest absolute Gasteiger partial charge is 0.449 e. The van der Waals surface area contributed by atoms with Crippen molar-refractivity contribution in [2.75, 3.05) is 25.0 Å². The van der Waals surface area contributed by atoms with Crippen LogP contribution in [0.3, 0.4) is 0 Å². The zero-order valence-corrected chi connectivity index (χ0v) is 17.8. The molecule has 2 rings (SSSR count). The standard InChI is InChI=1S/C21H26N2O5S/c1-5-23(6-2)29(26,27)19-14-12-17(13-15-19)21(25)28-16(3)20(24)22(4)18-10-8-7-9-11-18/h7-16H,5-6H2,1-4H3/t16-/m0/s1. The summed E-state index contributed by atoms with van der Waals surface area (Å²) in [5.74, 6) is -1.07. The highest BCUT2D eigenvalue weighted by atomic mass is 32.2. The predicted molar refractivity (Wildman–Crippen MR) is 111 cm³/mol. The van der Waals surface area contributed by atoms with Crippen molar-refractivity contribution in [3.8, 4) is 0 Å². The molecule has 0 aliphatic carbocycles. The van der Waals surface area contributed by atoms with Gasteiger partial charge in [0.2, 0.25) is 10.0 Å². The van der Waals surface area contributed by atoms with Gasteiger partial charge in [-0.25, -0.2) is 13.2 Å². The number of benzene rings is 2. The van der Waals surface area contributed by atoms with Crippen molar-refractivity contribution >= 4 is 27.6 Å². The molecule has 0 saturated heterocycles. The molecule has 29 heavy (non-hydrogen) atoms. The molecule has 2 aromatic rings. The molecule has 156 valence electrons. The van der Waals surface area contributed by atoms with Gasteiger partial charge in [-0.05, 0) is 43.3 Å². The maximum Gasteiger partial charge on any atom is 0.338 e. The number of anilines is 1. The summed E-state index contributed by atoms with van der Waals surface area (Å²) in [7, 11) is -2.00. The molecule has 0 aliphatic heterocycles. The number of esters is 1. The Morgan fingerprint density at radius 2 is 1.52 bits per heavy atom. The molecule has 8 heteroatoms. The van der Waals surface area contributed by atoms with Gasteiger partial charge in [-0.15, -0.1) is 0 Å². The zero-order chi connectivity index (χ0) is 21.6. The molecule has 0 radical (unpaired) electrons. The van der Waals surface area contributed by atoms with E-state index in [4.69, 9.17) is 4.74 Å². The first-order valence-electron chi connectivity index (χ1n) is 9.36. The highest BCUT2D eigenvalue weighted by molar-refractivity contribution is 7.89. The molecule has 2 aromatic carbocycles. The first-order chi connectivity index (χ1) is 13.7. The molecular formula is C21H26N2O5S. The monoisotopic (exact) mass is 418 g/mol. The van der Waals surface area contributed by atoms with E-state index in [2.05, 4.69) is 0 Å². The summed E-state index contributed by atoms with van der Waals surface area (Å²) >= 11 is 0. The van der Waals surface area contributed by atoms with E-state index in [1.165, 1.54) is 40.4 Å².